The molecule has 3 aliphatic rings. The molecule has 0 aliphatic carbocycles. The van der Waals surface area contributed by atoms with Crippen LogP contribution in [0.3, 0.4) is 0 Å². The minimum Gasteiger partial charge on any atom is -0.378 e. The van der Waals surface area contributed by atoms with Crippen LogP contribution >= 0.6 is 0 Å². The van der Waals surface area contributed by atoms with Crippen LogP contribution in [0.4, 0.5) is 5.69 Å². The Morgan fingerprint density at radius 3 is 2.85 bits per heavy atom. The van der Waals surface area contributed by atoms with Crippen LogP contribution < -0.4 is 4.90 Å². The quantitative estimate of drug-likeness (QED) is 0.833. The number of para-hydroxylation sites is 1. The summed E-state index contributed by atoms with van der Waals surface area (Å²) in [5, 5.41) is 0. The molecular formula is C20H23N3O3. The minimum atomic E-state index is 0.0113. The van der Waals surface area contributed by atoms with Gasteiger partial charge in [0, 0.05) is 43.0 Å². The van der Waals surface area contributed by atoms with Gasteiger partial charge in [0.05, 0.1) is 19.6 Å². The van der Waals surface area contributed by atoms with Gasteiger partial charge in [-0.1, -0.05) is 18.2 Å². The highest BCUT2D eigenvalue weighted by Crippen LogP contribution is 2.32. The van der Waals surface area contributed by atoms with Crippen molar-refractivity contribution < 1.29 is 14.3 Å². The third kappa shape index (κ3) is 3.29. The highest BCUT2D eigenvalue weighted by Gasteiger charge is 2.31. The van der Waals surface area contributed by atoms with Crippen LogP contribution in [0.25, 0.3) is 0 Å². The molecule has 0 N–H and O–H groups in total. The summed E-state index contributed by atoms with van der Waals surface area (Å²) in [6, 6.07) is 8.15. The Morgan fingerprint density at radius 2 is 2.04 bits per heavy atom. The van der Waals surface area contributed by atoms with Crippen molar-refractivity contribution in [3.8, 4) is 0 Å². The number of allylic oxidation sites excluding steroid dienone is 1. The SMILES string of the molecule is C[C@@H]1Cc2ccccc2N1C(=O)CC1=NC(N2CCOCC2)=CC(=O)C1. The number of anilines is 1. The van der Waals surface area contributed by atoms with E-state index < -0.39 is 0 Å². The molecule has 0 saturated carbocycles. The number of fused-ring (bicyclic) bond motifs is 1. The number of carbonyl (C=O) groups is 2. The zero-order valence-corrected chi connectivity index (χ0v) is 15.0. The maximum absolute atomic E-state index is 13.0. The van der Waals surface area contributed by atoms with Gasteiger partial charge in [0.25, 0.3) is 0 Å². The van der Waals surface area contributed by atoms with Gasteiger partial charge in [-0.05, 0) is 25.0 Å². The lowest BCUT2D eigenvalue weighted by Gasteiger charge is -2.30. The zero-order valence-electron chi connectivity index (χ0n) is 15.0. The standard InChI is InChI=1S/C20H23N3O3/c1-14-10-15-4-2-3-5-18(15)23(14)20(25)12-16-11-17(24)13-19(21-16)22-6-8-26-9-7-22/h2-5,13-14H,6-12H2,1H3/t14-/m1/s1. The summed E-state index contributed by atoms with van der Waals surface area (Å²) in [5.74, 6) is 0.693. The lowest BCUT2D eigenvalue weighted by molar-refractivity contribution is -0.117. The molecule has 3 heterocycles. The summed E-state index contributed by atoms with van der Waals surface area (Å²) >= 11 is 0. The van der Waals surface area contributed by atoms with E-state index in [0.717, 1.165) is 25.2 Å². The van der Waals surface area contributed by atoms with Crippen molar-refractivity contribution in [1.29, 1.82) is 0 Å². The highest BCUT2D eigenvalue weighted by atomic mass is 16.5. The Hall–Kier alpha value is -2.47. The first kappa shape index (κ1) is 17.0. The van der Waals surface area contributed by atoms with E-state index in [4.69, 9.17) is 4.74 Å². The number of ketones is 1. The van der Waals surface area contributed by atoms with Crippen LogP contribution in [0.5, 0.6) is 0 Å². The molecule has 1 aromatic rings. The monoisotopic (exact) mass is 353 g/mol. The number of ether oxygens (including phenoxy) is 1. The van der Waals surface area contributed by atoms with E-state index in [9.17, 15) is 9.59 Å². The van der Waals surface area contributed by atoms with Crippen molar-refractivity contribution in [1.82, 2.24) is 4.90 Å². The molecule has 1 saturated heterocycles. The van der Waals surface area contributed by atoms with E-state index in [-0.39, 0.29) is 30.6 Å². The number of hydrogen-bond donors (Lipinski definition) is 0. The van der Waals surface area contributed by atoms with E-state index >= 15 is 0 Å². The van der Waals surface area contributed by atoms with Crippen LogP contribution in [0.1, 0.15) is 25.3 Å². The van der Waals surface area contributed by atoms with Crippen molar-refractivity contribution in [3.05, 3.63) is 41.7 Å². The molecule has 0 spiro atoms. The molecule has 6 nitrogen and oxygen atoms in total. The number of morpholine rings is 1. The maximum atomic E-state index is 13.0. The molecule has 4 rings (SSSR count). The van der Waals surface area contributed by atoms with Gasteiger partial charge in [-0.25, -0.2) is 4.99 Å². The van der Waals surface area contributed by atoms with Gasteiger partial charge in [-0.15, -0.1) is 0 Å². The number of hydrogen-bond acceptors (Lipinski definition) is 5. The third-order valence-corrected chi connectivity index (χ3v) is 5.11. The molecule has 26 heavy (non-hydrogen) atoms. The number of carbonyl (C=O) groups excluding carboxylic acids is 2. The van der Waals surface area contributed by atoms with Crippen molar-refractivity contribution in [2.45, 2.75) is 32.2 Å². The molecule has 136 valence electrons. The largest absolute Gasteiger partial charge is 0.378 e. The molecule has 3 aliphatic heterocycles. The van der Waals surface area contributed by atoms with Crippen LogP contribution in [0.15, 0.2) is 41.2 Å². The predicted molar refractivity (Wildman–Crippen MR) is 99.2 cm³/mol. The van der Waals surface area contributed by atoms with Crippen LogP contribution in [-0.2, 0) is 20.7 Å². The van der Waals surface area contributed by atoms with Crippen molar-refractivity contribution >= 4 is 23.1 Å². The zero-order chi connectivity index (χ0) is 18.1. The number of nitrogens with zero attached hydrogens (tertiary/aromatic N) is 3. The first-order valence-corrected chi connectivity index (χ1v) is 9.15. The Bertz CT molecular complexity index is 793. The molecule has 0 unspecified atom stereocenters. The average Bonchev–Trinajstić information content (AvgIpc) is 2.97. The van der Waals surface area contributed by atoms with E-state index in [1.807, 2.05) is 23.1 Å². The second-order valence-corrected chi connectivity index (χ2v) is 7.05. The maximum Gasteiger partial charge on any atom is 0.232 e. The van der Waals surface area contributed by atoms with Gasteiger partial charge in [0.2, 0.25) is 5.91 Å². The number of rotatable bonds is 3. The molecular weight excluding hydrogens is 330 g/mol. The summed E-state index contributed by atoms with van der Waals surface area (Å²) in [5.41, 5.74) is 2.83. The van der Waals surface area contributed by atoms with Gasteiger partial charge in [0.15, 0.2) is 5.78 Å². The second kappa shape index (κ2) is 7.03. The topological polar surface area (TPSA) is 62.2 Å². The van der Waals surface area contributed by atoms with Gasteiger partial charge in [-0.2, -0.15) is 0 Å². The summed E-state index contributed by atoms with van der Waals surface area (Å²) in [7, 11) is 0. The van der Waals surface area contributed by atoms with E-state index in [1.54, 1.807) is 6.08 Å². The number of amides is 1. The normalized spacial score (nSPS) is 22.8. The lowest BCUT2D eigenvalue weighted by Crippen LogP contribution is -2.38. The van der Waals surface area contributed by atoms with Crippen molar-refractivity contribution in [2.24, 2.45) is 4.99 Å². The fourth-order valence-electron chi connectivity index (χ4n) is 3.89. The van der Waals surface area contributed by atoms with Gasteiger partial charge in [-0.3, -0.25) is 9.59 Å². The molecule has 1 amide bonds. The average molecular weight is 353 g/mol. The fourth-order valence-corrected chi connectivity index (χ4v) is 3.89. The molecule has 1 aromatic carbocycles. The smallest absolute Gasteiger partial charge is 0.232 e. The van der Waals surface area contributed by atoms with Crippen LogP contribution in [-0.4, -0.2) is 54.6 Å². The summed E-state index contributed by atoms with van der Waals surface area (Å²) in [6.07, 6.45) is 2.87. The molecule has 0 radical (unpaired) electrons. The molecule has 1 atom stereocenters. The Balaban J connectivity index is 1.51. The van der Waals surface area contributed by atoms with Gasteiger partial charge in [0.1, 0.15) is 5.82 Å². The molecule has 1 fully saturated rings. The summed E-state index contributed by atoms with van der Waals surface area (Å²) in [4.78, 5) is 33.6. The van der Waals surface area contributed by atoms with Crippen LogP contribution in [0, 0.1) is 0 Å². The van der Waals surface area contributed by atoms with Crippen LogP contribution in [0.2, 0.25) is 0 Å². The lowest BCUT2D eigenvalue weighted by atomic mass is 10.1. The van der Waals surface area contributed by atoms with Crippen molar-refractivity contribution in [3.63, 3.8) is 0 Å². The molecule has 6 heteroatoms. The summed E-state index contributed by atoms with van der Waals surface area (Å²) in [6.45, 7) is 4.78. The van der Waals surface area contributed by atoms with E-state index in [1.165, 1.54) is 5.56 Å². The van der Waals surface area contributed by atoms with Crippen molar-refractivity contribution in [2.75, 3.05) is 31.2 Å². The Labute approximate surface area is 153 Å². The summed E-state index contributed by atoms with van der Waals surface area (Å²) < 4.78 is 5.36. The van der Waals surface area contributed by atoms with E-state index in [2.05, 4.69) is 22.9 Å². The van der Waals surface area contributed by atoms with E-state index in [0.29, 0.717) is 24.7 Å². The highest BCUT2D eigenvalue weighted by molar-refractivity contribution is 6.16. The first-order chi connectivity index (χ1) is 12.6. The first-order valence-electron chi connectivity index (χ1n) is 9.15. The fraction of sp³-hybridized carbons (Fsp3) is 0.450. The number of benzene rings is 1. The third-order valence-electron chi connectivity index (χ3n) is 5.11. The number of aliphatic imine (C=N–C) groups is 1. The minimum absolute atomic E-state index is 0.0113. The van der Waals surface area contributed by atoms with Gasteiger partial charge < -0.3 is 14.5 Å². The Kier molecular flexibility index (Phi) is 4.59. The second-order valence-electron chi connectivity index (χ2n) is 7.05. The Morgan fingerprint density at radius 1 is 1.27 bits per heavy atom. The van der Waals surface area contributed by atoms with Gasteiger partial charge >= 0.3 is 0 Å². The molecule has 0 bridgehead atoms. The molecule has 0 aromatic heterocycles. The predicted octanol–water partition coefficient (Wildman–Crippen LogP) is 1.94.